The van der Waals surface area contributed by atoms with E-state index in [9.17, 15) is 26.7 Å². The number of amides is 1. The van der Waals surface area contributed by atoms with Crippen molar-refractivity contribution in [2.45, 2.75) is 14.6 Å². The summed E-state index contributed by atoms with van der Waals surface area (Å²) in [5.74, 6) is -1.04. The zero-order valence-electron chi connectivity index (χ0n) is 25.4. The van der Waals surface area contributed by atoms with Gasteiger partial charge in [-0.05, 0) is 60.7 Å². The van der Waals surface area contributed by atoms with E-state index in [1.807, 2.05) is 0 Å². The number of anilines is 3. The summed E-state index contributed by atoms with van der Waals surface area (Å²) in [4.78, 5) is 18.8. The number of halogens is 2. The van der Waals surface area contributed by atoms with Gasteiger partial charge in [-0.2, -0.15) is 10.2 Å². The van der Waals surface area contributed by atoms with Crippen LogP contribution in [0, 0.1) is 0 Å². The fourth-order valence-corrected chi connectivity index (χ4v) is 8.07. The number of thiazole rings is 2. The monoisotopic (exact) mass is 801 g/mol. The van der Waals surface area contributed by atoms with Crippen LogP contribution in [-0.4, -0.2) is 42.7 Å². The highest BCUT2D eigenvalue weighted by atomic mass is 35.5. The lowest BCUT2D eigenvalue weighted by Gasteiger charge is -2.13. The molecule has 0 aliphatic heterocycles. The molecule has 0 aliphatic carbocycles. The van der Waals surface area contributed by atoms with Crippen molar-refractivity contribution in [3.63, 3.8) is 0 Å². The highest BCUT2D eigenvalue weighted by Gasteiger charge is 2.20. The van der Waals surface area contributed by atoms with Gasteiger partial charge < -0.3 is 10.4 Å². The van der Waals surface area contributed by atoms with E-state index in [2.05, 4.69) is 45.2 Å². The summed E-state index contributed by atoms with van der Waals surface area (Å²) in [5.41, 5.74) is 0.834. The zero-order valence-corrected chi connectivity index (χ0v) is 30.2. The summed E-state index contributed by atoms with van der Waals surface area (Å²) in [6, 6.07) is 17.1. The lowest BCUT2D eigenvalue weighted by molar-refractivity contribution is -0.114. The van der Waals surface area contributed by atoms with Gasteiger partial charge >= 0.3 is 0 Å². The maximum absolute atomic E-state index is 12.7. The molecule has 0 aliphatic rings. The number of aromatic nitrogens is 2. The minimum absolute atomic E-state index is 0.0278. The molecule has 0 spiro atoms. The van der Waals surface area contributed by atoms with Crippen LogP contribution in [0.5, 0.6) is 5.75 Å². The average molecular weight is 803 g/mol. The number of phenolic OH excluding ortho intramolecular Hbond substituents is 1. The molecule has 1 amide bonds. The Labute approximate surface area is 307 Å². The first-order valence-corrected chi connectivity index (χ1v) is 19.8. The molecule has 0 atom stereocenters. The van der Waals surface area contributed by atoms with Gasteiger partial charge in [0.1, 0.15) is 5.69 Å². The number of hydrogen-bond acceptors (Lipinski definition) is 14. The van der Waals surface area contributed by atoms with Gasteiger partial charge in [0.15, 0.2) is 20.8 Å². The first-order valence-electron chi connectivity index (χ1n) is 14.2. The Kier molecular flexibility index (Phi) is 10.6. The number of hydrogen-bond donors (Lipinski definition) is 4. The number of nitrogens with zero attached hydrogens (tertiary/aromatic N) is 6. The maximum Gasteiger partial charge on any atom is 0.263 e. The SMILES string of the molecule is O=C(Nc1cccc2c(O)c(N=Nc3ccc(S(=O)(=O)Nc4nccs4)cc3)cc(N=Nc3ccc(S(=O)(=O)Nc4nccs4)cc3)c12)C(Cl)Cl. The first-order chi connectivity index (χ1) is 24.4. The van der Waals surface area contributed by atoms with Crippen LogP contribution in [0.15, 0.2) is 126 Å². The van der Waals surface area contributed by atoms with Crippen LogP contribution in [0.1, 0.15) is 0 Å². The number of phenols is 1. The second-order valence-corrected chi connectivity index (χ2v) is 16.3. The van der Waals surface area contributed by atoms with Crippen molar-refractivity contribution < 1.29 is 26.7 Å². The fourth-order valence-electron chi connectivity index (χ4n) is 4.38. The number of carbonyl (C=O) groups is 1. The molecule has 4 N–H and O–H groups in total. The van der Waals surface area contributed by atoms with Gasteiger partial charge in [-0.1, -0.05) is 35.3 Å². The molecular weight excluding hydrogens is 782 g/mol. The number of nitrogens with one attached hydrogen (secondary N) is 3. The summed E-state index contributed by atoms with van der Waals surface area (Å²) in [5, 5.41) is 34.9. The Morgan fingerprint density at radius 2 is 1.24 bits per heavy atom. The van der Waals surface area contributed by atoms with Crippen LogP contribution in [0.2, 0.25) is 0 Å². The van der Waals surface area contributed by atoms with Gasteiger partial charge in [-0.15, -0.1) is 32.9 Å². The molecule has 15 nitrogen and oxygen atoms in total. The maximum atomic E-state index is 12.7. The van der Waals surface area contributed by atoms with Crippen molar-refractivity contribution >= 4 is 121 Å². The number of aromatic hydroxyl groups is 1. The van der Waals surface area contributed by atoms with Gasteiger partial charge in [0.2, 0.25) is 0 Å². The number of sulfonamides is 2. The number of alkyl halides is 2. The Hall–Kier alpha value is -5.05. The summed E-state index contributed by atoms with van der Waals surface area (Å²) in [6.07, 6.45) is 2.95. The quantitative estimate of drug-likeness (QED) is 0.0692. The van der Waals surface area contributed by atoms with E-state index in [1.165, 1.54) is 67.0 Å². The van der Waals surface area contributed by atoms with E-state index < -0.39 is 30.8 Å². The van der Waals surface area contributed by atoms with Crippen LogP contribution in [0.25, 0.3) is 10.8 Å². The molecule has 0 saturated carbocycles. The molecule has 2 heterocycles. The molecule has 6 rings (SSSR count). The zero-order chi connectivity index (χ0) is 36.2. The van der Waals surface area contributed by atoms with E-state index in [4.69, 9.17) is 23.2 Å². The minimum atomic E-state index is -3.90. The summed E-state index contributed by atoms with van der Waals surface area (Å²) in [7, 11) is -7.79. The number of carbonyl (C=O) groups excluding carboxylic acids is 1. The van der Waals surface area contributed by atoms with Gasteiger partial charge in [0, 0.05) is 33.9 Å². The van der Waals surface area contributed by atoms with Crippen molar-refractivity contribution in [1.82, 2.24) is 9.97 Å². The lowest BCUT2D eigenvalue weighted by Crippen LogP contribution is -2.18. The van der Waals surface area contributed by atoms with Crippen LogP contribution in [0.3, 0.4) is 0 Å². The lowest BCUT2D eigenvalue weighted by atomic mass is 10.0. The molecule has 2 aromatic heterocycles. The van der Waals surface area contributed by atoms with Crippen molar-refractivity contribution in [3.05, 3.63) is 96.0 Å². The second-order valence-electron chi connectivity index (χ2n) is 10.1. The molecule has 21 heteroatoms. The fraction of sp³-hybridized carbons (Fsp3) is 0.0333. The van der Waals surface area contributed by atoms with Gasteiger partial charge in [0.25, 0.3) is 26.0 Å². The third kappa shape index (κ3) is 8.47. The molecular formula is C30H21Cl2N9O6S4. The van der Waals surface area contributed by atoms with Crippen molar-refractivity contribution in [3.8, 4) is 5.75 Å². The normalized spacial score (nSPS) is 12.2. The molecule has 0 radical (unpaired) electrons. The summed E-state index contributed by atoms with van der Waals surface area (Å²) in [6.45, 7) is 0. The first kappa shape index (κ1) is 35.8. The van der Waals surface area contributed by atoms with Gasteiger partial charge in [-0.25, -0.2) is 26.8 Å². The summed E-state index contributed by atoms with van der Waals surface area (Å²) < 4.78 is 55.6. The van der Waals surface area contributed by atoms with E-state index in [0.717, 1.165) is 22.7 Å². The molecule has 260 valence electrons. The largest absolute Gasteiger partial charge is 0.505 e. The summed E-state index contributed by atoms with van der Waals surface area (Å²) >= 11 is 13.8. The standard InChI is InChI=1S/C30H21Cl2N9O6S4/c31-27(32)28(43)35-22-3-1-2-21-25(22)23(38-36-17-4-8-19(9-5-17)50(44,45)40-29-33-12-14-48-29)16-24(26(21)42)39-37-18-6-10-20(11-7-18)51(46,47)41-30-34-13-15-49-30/h1-16,27,42H,(H,33,40)(H,34,41)(H,35,43). The molecule has 51 heavy (non-hydrogen) atoms. The third-order valence-corrected chi connectivity index (χ3v) is 11.4. The third-order valence-electron chi connectivity index (χ3n) is 6.70. The van der Waals surface area contributed by atoms with E-state index in [0.29, 0.717) is 0 Å². The van der Waals surface area contributed by atoms with E-state index in [-0.39, 0.29) is 65.0 Å². The molecule has 4 aromatic carbocycles. The van der Waals surface area contributed by atoms with Gasteiger partial charge in [-0.3, -0.25) is 14.2 Å². The molecule has 0 fully saturated rings. The van der Waals surface area contributed by atoms with Gasteiger partial charge in [0.05, 0.1) is 32.5 Å². The van der Waals surface area contributed by atoms with Crippen LogP contribution in [-0.2, 0) is 24.8 Å². The molecule has 6 aromatic rings. The Balaban J connectivity index is 1.33. The van der Waals surface area contributed by atoms with E-state index >= 15 is 0 Å². The predicted octanol–water partition coefficient (Wildman–Crippen LogP) is 8.63. The topological polar surface area (TPSA) is 217 Å². The Morgan fingerprint density at radius 3 is 1.71 bits per heavy atom. The molecule has 0 saturated heterocycles. The highest BCUT2D eigenvalue weighted by Crippen LogP contribution is 2.45. The number of benzene rings is 4. The number of rotatable bonds is 12. The minimum Gasteiger partial charge on any atom is -0.505 e. The number of fused-ring (bicyclic) bond motifs is 1. The van der Waals surface area contributed by atoms with Crippen molar-refractivity contribution in [2.24, 2.45) is 20.5 Å². The Bertz CT molecular complexity index is 2480. The van der Waals surface area contributed by atoms with Crippen LogP contribution < -0.4 is 14.8 Å². The van der Waals surface area contributed by atoms with Crippen molar-refractivity contribution in [1.29, 1.82) is 0 Å². The van der Waals surface area contributed by atoms with Crippen molar-refractivity contribution in [2.75, 3.05) is 14.8 Å². The van der Waals surface area contributed by atoms with E-state index in [1.54, 1.807) is 29.0 Å². The van der Waals surface area contributed by atoms with Crippen LogP contribution >= 0.6 is 45.9 Å². The number of azo groups is 2. The highest BCUT2D eigenvalue weighted by molar-refractivity contribution is 7.93. The predicted molar refractivity (Wildman–Crippen MR) is 197 cm³/mol. The molecule has 0 unspecified atom stereocenters. The Morgan fingerprint density at radius 1 is 0.725 bits per heavy atom. The average Bonchev–Trinajstić information content (AvgIpc) is 3.82. The smallest absolute Gasteiger partial charge is 0.263 e. The molecule has 0 bridgehead atoms. The van der Waals surface area contributed by atoms with Crippen LogP contribution in [0.4, 0.5) is 38.7 Å². The second kappa shape index (κ2) is 15.1.